The average molecular weight is 535 g/mol. The van der Waals surface area contributed by atoms with Gasteiger partial charge in [0.05, 0.1) is 0 Å². The van der Waals surface area contributed by atoms with Gasteiger partial charge in [-0.1, -0.05) is 67.1 Å². The van der Waals surface area contributed by atoms with Crippen LogP contribution in [-0.2, 0) is 29.0 Å². The molecule has 0 aliphatic carbocycles. The molecule has 1 aliphatic heterocycles. The van der Waals surface area contributed by atoms with Crippen molar-refractivity contribution in [1.82, 2.24) is 10.2 Å². The molecule has 0 unspecified atom stereocenters. The molecule has 0 saturated heterocycles. The molecule has 6 nitrogen and oxygen atoms in total. The second-order valence-corrected chi connectivity index (χ2v) is 10.1. The van der Waals surface area contributed by atoms with Crippen molar-refractivity contribution in [1.29, 1.82) is 0 Å². The predicted octanol–water partition coefficient (Wildman–Crippen LogP) is 5.60. The van der Waals surface area contributed by atoms with Gasteiger partial charge >= 0.3 is 0 Å². The monoisotopic (exact) mass is 534 g/mol. The predicted molar refractivity (Wildman–Crippen MR) is 150 cm³/mol. The minimum absolute atomic E-state index is 0.00553. The number of carbonyl (C=O) groups excluding carboxylic acids is 2. The molecule has 1 N–H and O–H groups in total. The van der Waals surface area contributed by atoms with Crippen LogP contribution in [0.2, 0.25) is 5.02 Å². The Morgan fingerprint density at radius 3 is 2.32 bits per heavy atom. The van der Waals surface area contributed by atoms with Gasteiger partial charge in [0.1, 0.15) is 19.3 Å². The van der Waals surface area contributed by atoms with E-state index in [2.05, 4.69) is 5.32 Å². The Labute approximate surface area is 229 Å². The lowest BCUT2D eigenvalue weighted by atomic mass is 10.0. The summed E-state index contributed by atoms with van der Waals surface area (Å²) in [6.45, 7) is 5.36. The minimum Gasteiger partial charge on any atom is -0.486 e. The number of hydrogen-bond donors (Lipinski definition) is 1. The standard InChI is InChI=1S/C31H35ClN2O4/c1-3-22(2)33-31(36)27(19-23-7-5-4-6-8-23)34(21-25-9-13-26(32)14-10-25)30(35)16-12-24-11-15-28-29(20-24)38-18-17-37-28/h4-11,13-15,20,22,27H,3,12,16-19,21H2,1-2H3,(H,33,36)/t22-,27-/m1/s1. The fourth-order valence-electron chi connectivity index (χ4n) is 4.42. The van der Waals surface area contributed by atoms with Gasteiger partial charge in [0, 0.05) is 30.5 Å². The fraction of sp³-hybridized carbons (Fsp3) is 0.355. The van der Waals surface area contributed by atoms with E-state index in [0.29, 0.717) is 43.4 Å². The summed E-state index contributed by atoms with van der Waals surface area (Å²) in [6, 6.07) is 22.4. The van der Waals surface area contributed by atoms with E-state index in [0.717, 1.165) is 28.9 Å². The number of ether oxygens (including phenoxy) is 2. The Balaban J connectivity index is 1.59. The minimum atomic E-state index is -0.658. The maximum atomic E-state index is 13.8. The van der Waals surface area contributed by atoms with Gasteiger partial charge in [-0.2, -0.15) is 0 Å². The van der Waals surface area contributed by atoms with Gasteiger partial charge in [0.25, 0.3) is 0 Å². The highest BCUT2D eigenvalue weighted by molar-refractivity contribution is 6.30. The number of halogens is 1. The van der Waals surface area contributed by atoms with E-state index in [1.165, 1.54) is 0 Å². The van der Waals surface area contributed by atoms with E-state index in [1.807, 2.05) is 74.5 Å². The Morgan fingerprint density at radius 1 is 0.921 bits per heavy atom. The van der Waals surface area contributed by atoms with Crippen molar-refractivity contribution >= 4 is 23.4 Å². The van der Waals surface area contributed by atoms with Crippen molar-refractivity contribution in [3.63, 3.8) is 0 Å². The molecule has 3 aromatic carbocycles. The van der Waals surface area contributed by atoms with E-state index < -0.39 is 6.04 Å². The molecule has 2 amide bonds. The van der Waals surface area contributed by atoms with Crippen LogP contribution in [-0.4, -0.2) is 42.0 Å². The first-order valence-corrected chi connectivity index (χ1v) is 13.6. The molecule has 200 valence electrons. The number of aryl methyl sites for hydroxylation is 1. The smallest absolute Gasteiger partial charge is 0.243 e. The largest absolute Gasteiger partial charge is 0.486 e. The number of fused-ring (bicyclic) bond motifs is 1. The van der Waals surface area contributed by atoms with Gasteiger partial charge in [-0.15, -0.1) is 0 Å². The van der Waals surface area contributed by atoms with Crippen LogP contribution >= 0.6 is 11.6 Å². The van der Waals surface area contributed by atoms with Crippen LogP contribution in [0.3, 0.4) is 0 Å². The summed E-state index contributed by atoms with van der Waals surface area (Å²) in [4.78, 5) is 29.1. The number of rotatable bonds is 11. The maximum Gasteiger partial charge on any atom is 0.243 e. The second kappa shape index (κ2) is 13.3. The van der Waals surface area contributed by atoms with Crippen LogP contribution in [0.25, 0.3) is 0 Å². The van der Waals surface area contributed by atoms with Crippen molar-refractivity contribution < 1.29 is 19.1 Å². The van der Waals surface area contributed by atoms with Crippen molar-refractivity contribution in [2.45, 2.75) is 58.2 Å². The summed E-state index contributed by atoms with van der Waals surface area (Å²) >= 11 is 6.11. The maximum absolute atomic E-state index is 13.8. The molecule has 1 heterocycles. The third kappa shape index (κ3) is 7.51. The van der Waals surface area contributed by atoms with Gasteiger partial charge in [-0.25, -0.2) is 0 Å². The highest BCUT2D eigenvalue weighted by atomic mass is 35.5. The van der Waals surface area contributed by atoms with Crippen molar-refractivity contribution in [3.05, 3.63) is 94.5 Å². The SMILES string of the molecule is CC[C@@H](C)NC(=O)[C@@H](Cc1ccccc1)N(Cc1ccc(Cl)cc1)C(=O)CCc1ccc2c(c1)OCCO2. The highest BCUT2D eigenvalue weighted by Crippen LogP contribution is 2.31. The number of nitrogens with zero attached hydrogens (tertiary/aromatic N) is 1. The number of benzene rings is 3. The van der Waals surface area contributed by atoms with Crippen LogP contribution in [0.1, 0.15) is 43.4 Å². The number of amides is 2. The molecule has 1 aliphatic rings. The van der Waals surface area contributed by atoms with Crippen molar-refractivity contribution in [3.8, 4) is 11.5 Å². The first kappa shape index (κ1) is 27.5. The zero-order valence-electron chi connectivity index (χ0n) is 22.0. The summed E-state index contributed by atoms with van der Waals surface area (Å²) < 4.78 is 11.3. The quantitative estimate of drug-likeness (QED) is 0.348. The zero-order valence-corrected chi connectivity index (χ0v) is 22.7. The van der Waals surface area contributed by atoms with Gasteiger partial charge in [-0.05, 0) is 60.7 Å². The van der Waals surface area contributed by atoms with Crippen LogP contribution in [0.15, 0.2) is 72.8 Å². The zero-order chi connectivity index (χ0) is 26.9. The van der Waals surface area contributed by atoms with Gasteiger partial charge in [0.2, 0.25) is 11.8 Å². The lowest BCUT2D eigenvalue weighted by Crippen LogP contribution is -2.52. The van der Waals surface area contributed by atoms with E-state index >= 15 is 0 Å². The van der Waals surface area contributed by atoms with Crippen molar-refractivity contribution in [2.24, 2.45) is 0 Å². The van der Waals surface area contributed by atoms with Gasteiger partial charge in [-0.3, -0.25) is 9.59 Å². The van der Waals surface area contributed by atoms with Crippen LogP contribution in [0.4, 0.5) is 0 Å². The number of carbonyl (C=O) groups is 2. The lowest BCUT2D eigenvalue weighted by Gasteiger charge is -2.32. The molecule has 4 rings (SSSR count). The third-order valence-corrected chi connectivity index (χ3v) is 7.02. The Kier molecular flexibility index (Phi) is 9.66. The van der Waals surface area contributed by atoms with Crippen LogP contribution in [0, 0.1) is 0 Å². The first-order valence-electron chi connectivity index (χ1n) is 13.2. The fourth-order valence-corrected chi connectivity index (χ4v) is 4.55. The summed E-state index contributed by atoms with van der Waals surface area (Å²) in [5.74, 6) is 1.19. The molecule has 0 bridgehead atoms. The number of nitrogens with one attached hydrogen (secondary N) is 1. The third-order valence-electron chi connectivity index (χ3n) is 6.77. The van der Waals surface area contributed by atoms with E-state index in [9.17, 15) is 9.59 Å². The Bertz CT molecular complexity index is 1220. The normalized spacial score (nSPS) is 13.9. The second-order valence-electron chi connectivity index (χ2n) is 9.65. The summed E-state index contributed by atoms with van der Waals surface area (Å²) in [5, 5.41) is 3.73. The molecule has 0 aromatic heterocycles. The summed E-state index contributed by atoms with van der Waals surface area (Å²) in [5.41, 5.74) is 2.90. The lowest BCUT2D eigenvalue weighted by molar-refractivity contribution is -0.141. The van der Waals surface area contributed by atoms with Crippen molar-refractivity contribution in [2.75, 3.05) is 13.2 Å². The molecule has 3 aromatic rings. The topological polar surface area (TPSA) is 67.9 Å². The molecular weight excluding hydrogens is 500 g/mol. The molecule has 0 saturated carbocycles. The highest BCUT2D eigenvalue weighted by Gasteiger charge is 2.31. The molecule has 7 heteroatoms. The summed E-state index contributed by atoms with van der Waals surface area (Å²) in [7, 11) is 0. The molecule has 0 fully saturated rings. The van der Waals surface area contributed by atoms with Crippen LogP contribution < -0.4 is 14.8 Å². The van der Waals surface area contributed by atoms with Gasteiger partial charge < -0.3 is 19.7 Å². The van der Waals surface area contributed by atoms with Crippen LogP contribution in [0.5, 0.6) is 11.5 Å². The number of hydrogen-bond acceptors (Lipinski definition) is 4. The molecule has 0 spiro atoms. The molecule has 38 heavy (non-hydrogen) atoms. The van der Waals surface area contributed by atoms with E-state index in [-0.39, 0.29) is 24.3 Å². The molecule has 0 radical (unpaired) electrons. The van der Waals surface area contributed by atoms with E-state index in [1.54, 1.807) is 17.0 Å². The van der Waals surface area contributed by atoms with E-state index in [4.69, 9.17) is 21.1 Å². The molecule has 2 atom stereocenters. The van der Waals surface area contributed by atoms with Gasteiger partial charge in [0.15, 0.2) is 11.5 Å². The first-order chi connectivity index (χ1) is 18.4. The Morgan fingerprint density at radius 2 is 1.61 bits per heavy atom. The Hall–Kier alpha value is -3.51. The molecular formula is C31H35ClN2O4. The summed E-state index contributed by atoms with van der Waals surface area (Å²) in [6.07, 6.45) is 2.01. The average Bonchev–Trinajstić information content (AvgIpc) is 2.94.